The van der Waals surface area contributed by atoms with Gasteiger partial charge in [-0.1, -0.05) is 34.4 Å². The second-order valence-corrected chi connectivity index (χ2v) is 20.1. The summed E-state index contributed by atoms with van der Waals surface area (Å²) in [6.07, 6.45) is 3.81. The van der Waals surface area contributed by atoms with Crippen LogP contribution in [0, 0.1) is 23.7 Å². The largest absolute Gasteiger partial charge is 0.438 e. The summed E-state index contributed by atoms with van der Waals surface area (Å²) >= 11 is 13.1. The van der Waals surface area contributed by atoms with E-state index in [-0.39, 0.29) is 24.7 Å². The highest BCUT2D eigenvalue weighted by Crippen LogP contribution is 2.49. The molecule has 310 valence electrons. The maximum Gasteiger partial charge on any atom is 0.338 e. The van der Waals surface area contributed by atoms with Crippen molar-refractivity contribution in [3.63, 3.8) is 0 Å². The number of ether oxygens (including phenoxy) is 3. The van der Waals surface area contributed by atoms with Crippen LogP contribution in [0.4, 0.5) is 5.69 Å². The van der Waals surface area contributed by atoms with Crippen molar-refractivity contribution in [1.29, 1.82) is 0 Å². The molecule has 2 saturated carbocycles. The van der Waals surface area contributed by atoms with Crippen molar-refractivity contribution in [2.45, 2.75) is 98.8 Å². The van der Waals surface area contributed by atoms with E-state index in [0.717, 1.165) is 54.8 Å². The van der Waals surface area contributed by atoms with Crippen LogP contribution in [0.3, 0.4) is 0 Å². The quantitative estimate of drug-likeness (QED) is 0.0831. The van der Waals surface area contributed by atoms with E-state index in [9.17, 15) is 18.9 Å². The number of amides is 1. The fourth-order valence-corrected chi connectivity index (χ4v) is 8.81. The molecule has 3 fully saturated rings. The number of fused-ring (bicyclic) bond motifs is 2. The van der Waals surface area contributed by atoms with E-state index in [2.05, 4.69) is 15.4 Å². The zero-order chi connectivity index (χ0) is 41.3. The molecule has 1 saturated heterocycles. The SMILES string of the molecule is Cc1cc(C(=O)NCCP(=O)(OCOC(=O)C(C)(C)C)OCOC(=O)C(C)(C)C)ccc1N1C[C@@H]2C[C@H]1C[C@H]2OCc1c(-c2c(Cl)cccc2Cl)noc1C1CC1. The molecule has 2 aliphatic carbocycles. The van der Waals surface area contributed by atoms with E-state index in [4.69, 9.17) is 51.0 Å². The fraction of sp³-hybridized carbons (Fsp3) is 0.561. The Labute approximate surface area is 343 Å². The van der Waals surface area contributed by atoms with Crippen LogP contribution in [0.5, 0.6) is 0 Å². The third-order valence-electron chi connectivity index (χ3n) is 10.4. The van der Waals surface area contributed by atoms with Crippen LogP contribution in [0.25, 0.3) is 11.3 Å². The Morgan fingerprint density at radius 3 is 2.12 bits per heavy atom. The number of hydrogen-bond donors (Lipinski definition) is 1. The standard InChI is InChI=1S/C41H52Cl2N3O10P/c1-24-17-26(37(47)44-15-16-57(50,54-22-52-38(48)40(2,3)4)55-23-53-39(49)41(5,6)7)13-14-32(24)46-20-27-18-28(46)19-33(27)51-21-29-35(45-56-36(29)25-11-12-25)34-30(42)9-8-10-31(34)43/h8-10,13-14,17,25,27-28,33H,11-12,15-16,18-23H2,1-7H3,(H,44,47)/t27-,28-,33+/m0/s1. The Morgan fingerprint density at radius 2 is 1.58 bits per heavy atom. The van der Waals surface area contributed by atoms with Crippen LogP contribution in [0.1, 0.15) is 100 Å². The van der Waals surface area contributed by atoms with Crippen molar-refractivity contribution >= 4 is 54.3 Å². The van der Waals surface area contributed by atoms with Gasteiger partial charge in [-0.25, -0.2) is 0 Å². The predicted molar refractivity (Wildman–Crippen MR) is 215 cm³/mol. The van der Waals surface area contributed by atoms with Crippen LogP contribution in [0.2, 0.25) is 10.0 Å². The van der Waals surface area contributed by atoms with Gasteiger partial charge in [0, 0.05) is 53.3 Å². The lowest BCUT2D eigenvalue weighted by Gasteiger charge is -2.34. The molecule has 2 aromatic carbocycles. The van der Waals surface area contributed by atoms with E-state index < -0.39 is 44.0 Å². The average Bonchev–Trinajstić information content (AvgIpc) is 3.58. The maximum atomic E-state index is 13.6. The van der Waals surface area contributed by atoms with Gasteiger partial charge in [0.05, 0.1) is 39.7 Å². The Bertz CT molecular complexity index is 1970. The number of halogens is 2. The zero-order valence-corrected chi connectivity index (χ0v) is 35.9. The molecule has 2 heterocycles. The molecule has 0 spiro atoms. The minimum atomic E-state index is -3.98. The molecule has 1 N–H and O–H groups in total. The van der Waals surface area contributed by atoms with Gasteiger partial charge < -0.3 is 29.0 Å². The third-order valence-corrected chi connectivity index (χ3v) is 12.8. The first-order chi connectivity index (χ1) is 26.8. The summed E-state index contributed by atoms with van der Waals surface area (Å²) in [5.74, 6) is 0.0445. The van der Waals surface area contributed by atoms with E-state index in [1.54, 1.807) is 59.7 Å². The molecule has 13 nitrogen and oxygen atoms in total. The number of carbonyl (C=O) groups excluding carboxylic acids is 3. The number of nitrogens with one attached hydrogen (secondary N) is 1. The van der Waals surface area contributed by atoms with Gasteiger partial charge in [0.15, 0.2) is 0 Å². The highest BCUT2D eigenvalue weighted by Gasteiger charge is 2.46. The molecule has 1 aliphatic heterocycles. The molecule has 0 radical (unpaired) electrons. The molecular formula is C41H52Cl2N3O10P. The number of aromatic nitrogens is 1. The van der Waals surface area contributed by atoms with Crippen molar-refractivity contribution < 1.29 is 46.7 Å². The number of benzene rings is 2. The van der Waals surface area contributed by atoms with Gasteiger partial charge in [0.1, 0.15) is 11.5 Å². The van der Waals surface area contributed by atoms with Crippen LogP contribution in [-0.4, -0.2) is 68.0 Å². The Morgan fingerprint density at radius 1 is 0.947 bits per heavy atom. The van der Waals surface area contributed by atoms with Gasteiger partial charge in [-0.2, -0.15) is 0 Å². The summed E-state index contributed by atoms with van der Waals surface area (Å²) < 4.78 is 47.0. The minimum absolute atomic E-state index is 0.0770. The first-order valence-corrected chi connectivity index (χ1v) is 21.8. The zero-order valence-electron chi connectivity index (χ0n) is 33.5. The molecule has 3 atom stereocenters. The van der Waals surface area contributed by atoms with Gasteiger partial charge in [-0.3, -0.25) is 28.0 Å². The number of nitrogens with zero attached hydrogens (tertiary/aromatic N) is 2. The lowest BCUT2D eigenvalue weighted by Crippen LogP contribution is -2.39. The number of piperidine rings is 1. The second-order valence-electron chi connectivity index (χ2n) is 17.1. The van der Waals surface area contributed by atoms with Gasteiger partial charge in [0.25, 0.3) is 5.91 Å². The third kappa shape index (κ3) is 10.4. The van der Waals surface area contributed by atoms with Crippen molar-refractivity contribution in [3.05, 3.63) is 68.9 Å². The molecule has 2 bridgehead atoms. The van der Waals surface area contributed by atoms with Crippen molar-refractivity contribution in [3.8, 4) is 11.3 Å². The molecule has 16 heteroatoms. The van der Waals surface area contributed by atoms with Gasteiger partial charge in [-0.15, -0.1) is 0 Å². The smallest absolute Gasteiger partial charge is 0.338 e. The Kier molecular flexibility index (Phi) is 13.2. The Balaban J connectivity index is 1.02. The summed E-state index contributed by atoms with van der Waals surface area (Å²) in [6.45, 7) is 11.8. The van der Waals surface area contributed by atoms with E-state index in [0.29, 0.717) is 51.4 Å². The van der Waals surface area contributed by atoms with Crippen LogP contribution in [0.15, 0.2) is 40.9 Å². The average molecular weight is 849 g/mol. The summed E-state index contributed by atoms with van der Waals surface area (Å²) in [5, 5.41) is 8.21. The number of anilines is 1. The minimum Gasteiger partial charge on any atom is -0.438 e. The molecule has 6 rings (SSSR count). The summed E-state index contributed by atoms with van der Waals surface area (Å²) in [4.78, 5) is 40.0. The molecule has 3 aliphatic rings. The monoisotopic (exact) mass is 847 g/mol. The molecule has 3 aromatic rings. The summed E-state index contributed by atoms with van der Waals surface area (Å²) in [7, 11) is -3.98. The summed E-state index contributed by atoms with van der Waals surface area (Å²) in [6, 6.07) is 11.3. The van der Waals surface area contributed by atoms with E-state index in [1.807, 2.05) is 25.1 Å². The number of rotatable bonds is 16. The summed E-state index contributed by atoms with van der Waals surface area (Å²) in [5.41, 5.74) is 3.07. The number of esters is 2. The highest BCUT2D eigenvalue weighted by atomic mass is 35.5. The van der Waals surface area contributed by atoms with Crippen molar-refractivity contribution in [2.24, 2.45) is 16.7 Å². The normalized spacial score (nSPS) is 19.5. The van der Waals surface area contributed by atoms with Crippen LogP contribution in [-0.2, 0) is 44.0 Å². The lowest BCUT2D eigenvalue weighted by atomic mass is 9.98. The predicted octanol–water partition coefficient (Wildman–Crippen LogP) is 9.07. The maximum absolute atomic E-state index is 13.6. The second kappa shape index (κ2) is 17.4. The van der Waals surface area contributed by atoms with Crippen molar-refractivity contribution in [2.75, 3.05) is 37.7 Å². The van der Waals surface area contributed by atoms with Gasteiger partial charge >= 0.3 is 19.5 Å². The highest BCUT2D eigenvalue weighted by molar-refractivity contribution is 7.53. The number of hydrogen-bond acceptors (Lipinski definition) is 12. The van der Waals surface area contributed by atoms with Gasteiger partial charge in [0.2, 0.25) is 13.6 Å². The number of carbonyl (C=O) groups is 3. The first kappa shape index (κ1) is 43.1. The molecule has 1 amide bonds. The first-order valence-electron chi connectivity index (χ1n) is 19.3. The molecular weight excluding hydrogens is 796 g/mol. The molecule has 1 aromatic heterocycles. The number of aryl methyl sites for hydroxylation is 1. The van der Waals surface area contributed by atoms with Crippen LogP contribution >= 0.6 is 30.8 Å². The van der Waals surface area contributed by atoms with E-state index in [1.165, 1.54) is 0 Å². The topological polar surface area (TPSA) is 156 Å². The van der Waals surface area contributed by atoms with Crippen molar-refractivity contribution in [1.82, 2.24) is 10.5 Å². The fourth-order valence-electron chi connectivity index (χ4n) is 7.09. The molecule has 0 unspecified atom stereocenters. The van der Waals surface area contributed by atoms with Gasteiger partial charge in [-0.05, 0) is 110 Å². The van der Waals surface area contributed by atoms with Crippen LogP contribution < -0.4 is 10.2 Å². The Hall–Kier alpha value is -3.45. The van der Waals surface area contributed by atoms with E-state index >= 15 is 0 Å². The lowest BCUT2D eigenvalue weighted by molar-refractivity contribution is -0.162. The molecule has 57 heavy (non-hydrogen) atoms.